The molecular formula is C45H31N3. The molecule has 0 atom stereocenters. The van der Waals surface area contributed by atoms with Gasteiger partial charge in [0.15, 0.2) is 0 Å². The fourth-order valence-electron chi connectivity index (χ4n) is 8.16. The van der Waals surface area contributed by atoms with Crippen LogP contribution in [0.3, 0.4) is 0 Å². The Bertz CT molecular complexity index is 2900. The van der Waals surface area contributed by atoms with Crippen molar-refractivity contribution in [3.8, 4) is 33.6 Å². The van der Waals surface area contributed by atoms with Crippen LogP contribution in [0.1, 0.15) is 12.5 Å². The molecular weight excluding hydrogens is 583 g/mol. The molecule has 10 rings (SSSR count). The van der Waals surface area contributed by atoms with Gasteiger partial charge in [0.1, 0.15) is 0 Å². The molecule has 0 bridgehead atoms. The molecule has 2 N–H and O–H groups in total. The highest BCUT2D eigenvalue weighted by atomic mass is 15.0. The molecule has 0 fully saturated rings. The van der Waals surface area contributed by atoms with E-state index in [-0.39, 0.29) is 0 Å². The zero-order valence-electron chi connectivity index (χ0n) is 26.5. The summed E-state index contributed by atoms with van der Waals surface area (Å²) in [5.41, 5.74) is 20.9. The summed E-state index contributed by atoms with van der Waals surface area (Å²) in [5.74, 6) is 0. The average Bonchev–Trinajstić information content (AvgIpc) is 3.76. The van der Waals surface area contributed by atoms with Crippen molar-refractivity contribution in [1.82, 2.24) is 9.13 Å². The summed E-state index contributed by atoms with van der Waals surface area (Å²) in [5, 5.41) is 7.27. The molecule has 48 heavy (non-hydrogen) atoms. The van der Waals surface area contributed by atoms with Gasteiger partial charge in [-0.3, -0.25) is 0 Å². The van der Waals surface area contributed by atoms with Gasteiger partial charge in [-0.25, -0.2) is 0 Å². The van der Waals surface area contributed by atoms with Crippen molar-refractivity contribution in [1.29, 1.82) is 0 Å². The van der Waals surface area contributed by atoms with Crippen LogP contribution in [0.5, 0.6) is 0 Å². The largest absolute Gasteiger partial charge is 0.404 e. The minimum absolute atomic E-state index is 1.06. The Labute approximate surface area is 277 Å². The number of aromatic nitrogens is 2. The topological polar surface area (TPSA) is 35.9 Å². The van der Waals surface area contributed by atoms with Gasteiger partial charge in [-0.1, -0.05) is 91.0 Å². The molecule has 1 aliphatic rings. The first-order chi connectivity index (χ1) is 23.7. The van der Waals surface area contributed by atoms with Gasteiger partial charge in [-0.2, -0.15) is 0 Å². The molecule has 1 aliphatic carbocycles. The zero-order valence-corrected chi connectivity index (χ0v) is 26.5. The molecule has 0 spiro atoms. The maximum absolute atomic E-state index is 6.31. The Morgan fingerprint density at radius 3 is 1.58 bits per heavy atom. The van der Waals surface area contributed by atoms with E-state index in [4.69, 9.17) is 5.73 Å². The van der Waals surface area contributed by atoms with Gasteiger partial charge in [0.25, 0.3) is 0 Å². The fourth-order valence-corrected chi connectivity index (χ4v) is 8.16. The first kappa shape index (κ1) is 26.9. The first-order valence-electron chi connectivity index (χ1n) is 16.5. The van der Waals surface area contributed by atoms with Crippen LogP contribution in [0.25, 0.3) is 89.0 Å². The lowest BCUT2D eigenvalue weighted by Crippen LogP contribution is -2.28. The van der Waals surface area contributed by atoms with E-state index >= 15 is 0 Å². The lowest BCUT2D eigenvalue weighted by molar-refractivity contribution is 1.17. The van der Waals surface area contributed by atoms with Crippen LogP contribution in [-0.2, 0) is 0 Å². The molecule has 226 valence electrons. The number of hydrogen-bond donors (Lipinski definition) is 1. The van der Waals surface area contributed by atoms with E-state index in [0.717, 1.165) is 10.9 Å². The average molecular weight is 614 g/mol. The van der Waals surface area contributed by atoms with Crippen molar-refractivity contribution in [3.63, 3.8) is 0 Å². The number of fused-ring (bicyclic) bond motifs is 9. The SMILES string of the molecule is CC1=c2c(cc(-n3c4ccccc4c4cc(-c5ccc6c(c5)c5ccccc5n6-c5ccccc5)ccc43)c/c2=C/N)-c2ccccc21. The van der Waals surface area contributed by atoms with Gasteiger partial charge in [-0.05, 0) is 106 Å². The first-order valence-corrected chi connectivity index (χ1v) is 16.5. The van der Waals surface area contributed by atoms with Crippen LogP contribution in [-0.4, -0.2) is 9.13 Å². The van der Waals surface area contributed by atoms with Crippen LogP contribution in [0.15, 0.2) is 152 Å². The van der Waals surface area contributed by atoms with E-state index in [1.165, 1.54) is 87.9 Å². The molecule has 0 saturated carbocycles. The Kier molecular flexibility index (Phi) is 5.64. The third-order valence-electron chi connectivity index (χ3n) is 10.3. The number of nitrogens with two attached hydrogens (primary N) is 1. The second-order valence-electron chi connectivity index (χ2n) is 12.8. The van der Waals surface area contributed by atoms with E-state index in [1.54, 1.807) is 6.20 Å². The van der Waals surface area contributed by atoms with Gasteiger partial charge in [0.2, 0.25) is 0 Å². The van der Waals surface area contributed by atoms with E-state index in [2.05, 4.69) is 168 Å². The van der Waals surface area contributed by atoms with Crippen LogP contribution >= 0.6 is 0 Å². The molecule has 0 saturated heterocycles. The lowest BCUT2D eigenvalue weighted by Gasteiger charge is -2.11. The molecule has 7 aromatic carbocycles. The molecule has 3 heteroatoms. The van der Waals surface area contributed by atoms with Crippen molar-refractivity contribution in [2.45, 2.75) is 6.92 Å². The normalized spacial score (nSPS) is 12.9. The summed E-state index contributed by atoms with van der Waals surface area (Å²) >= 11 is 0. The molecule has 3 nitrogen and oxygen atoms in total. The van der Waals surface area contributed by atoms with Crippen molar-refractivity contribution < 1.29 is 0 Å². The minimum atomic E-state index is 1.06. The summed E-state index contributed by atoms with van der Waals surface area (Å²) in [6, 6.07) is 55.2. The smallest absolute Gasteiger partial charge is 0.0541 e. The van der Waals surface area contributed by atoms with Crippen molar-refractivity contribution in [2.75, 3.05) is 0 Å². The van der Waals surface area contributed by atoms with Crippen molar-refractivity contribution in [3.05, 3.63) is 168 Å². The molecule has 2 aromatic heterocycles. The number of nitrogens with zero attached hydrogens (tertiary/aromatic N) is 2. The predicted octanol–water partition coefficient (Wildman–Crippen LogP) is 9.44. The highest BCUT2D eigenvalue weighted by Crippen LogP contribution is 2.39. The molecule has 0 radical (unpaired) electrons. The Balaban J connectivity index is 1.19. The monoisotopic (exact) mass is 613 g/mol. The molecule has 0 amide bonds. The zero-order chi connectivity index (χ0) is 31.9. The second-order valence-corrected chi connectivity index (χ2v) is 12.8. The maximum atomic E-state index is 6.31. The number of para-hydroxylation sites is 3. The van der Waals surface area contributed by atoms with Crippen LogP contribution in [0.2, 0.25) is 0 Å². The molecule has 2 heterocycles. The summed E-state index contributed by atoms with van der Waals surface area (Å²) < 4.78 is 4.77. The highest BCUT2D eigenvalue weighted by molar-refractivity contribution is 6.12. The Hall–Kier alpha value is -6.32. The number of benzene rings is 7. The van der Waals surface area contributed by atoms with Crippen LogP contribution < -0.4 is 16.2 Å². The highest BCUT2D eigenvalue weighted by Gasteiger charge is 2.21. The maximum Gasteiger partial charge on any atom is 0.0541 e. The Morgan fingerprint density at radius 1 is 0.438 bits per heavy atom. The van der Waals surface area contributed by atoms with Gasteiger partial charge in [0, 0.05) is 44.3 Å². The quantitative estimate of drug-likeness (QED) is 0.212. The third-order valence-corrected chi connectivity index (χ3v) is 10.3. The molecule has 0 aliphatic heterocycles. The molecule has 9 aromatic rings. The van der Waals surface area contributed by atoms with Crippen molar-refractivity contribution >= 4 is 55.4 Å². The Morgan fingerprint density at radius 2 is 0.958 bits per heavy atom. The standard InChI is InChI=1S/C45H31N3/c1-28-34-13-5-6-14-35(34)40-26-33(23-31(27-46)45(28)40)48-42-18-10-8-16-37(42)39-25-30(20-22-44(39)48)29-19-21-43-38(24-29)36-15-7-9-17-41(36)47(43)32-11-3-2-4-12-32/h2-27H,46H2,1H3/b31-27-. The van der Waals surface area contributed by atoms with Crippen LogP contribution in [0.4, 0.5) is 0 Å². The number of hydrogen-bond acceptors (Lipinski definition) is 1. The van der Waals surface area contributed by atoms with Crippen LogP contribution in [0, 0.1) is 0 Å². The van der Waals surface area contributed by atoms with E-state index in [0.29, 0.717) is 0 Å². The van der Waals surface area contributed by atoms with E-state index < -0.39 is 0 Å². The predicted molar refractivity (Wildman–Crippen MR) is 202 cm³/mol. The summed E-state index contributed by atoms with van der Waals surface area (Å²) in [6.07, 6.45) is 1.76. The fraction of sp³-hybridized carbons (Fsp3) is 0.0222. The summed E-state index contributed by atoms with van der Waals surface area (Å²) in [6.45, 7) is 2.20. The van der Waals surface area contributed by atoms with Gasteiger partial charge < -0.3 is 14.9 Å². The number of rotatable bonds is 3. The van der Waals surface area contributed by atoms with E-state index in [9.17, 15) is 0 Å². The summed E-state index contributed by atoms with van der Waals surface area (Å²) in [4.78, 5) is 0. The molecule has 0 unspecified atom stereocenters. The van der Waals surface area contributed by atoms with Gasteiger partial charge >= 0.3 is 0 Å². The third kappa shape index (κ3) is 3.70. The van der Waals surface area contributed by atoms with E-state index in [1.807, 2.05) is 0 Å². The van der Waals surface area contributed by atoms with Gasteiger partial charge in [-0.15, -0.1) is 0 Å². The lowest BCUT2D eigenvalue weighted by atomic mass is 10.0. The minimum Gasteiger partial charge on any atom is -0.404 e. The van der Waals surface area contributed by atoms with Gasteiger partial charge in [0.05, 0.1) is 22.1 Å². The second kappa shape index (κ2) is 10.1. The van der Waals surface area contributed by atoms with Crippen molar-refractivity contribution in [2.24, 2.45) is 5.73 Å². The summed E-state index contributed by atoms with van der Waals surface area (Å²) in [7, 11) is 0.